The molecule has 90 valence electrons. The quantitative estimate of drug-likeness (QED) is 0.862. The second-order valence-electron chi connectivity index (χ2n) is 3.45. The van der Waals surface area contributed by atoms with Gasteiger partial charge < -0.3 is 14.8 Å². The minimum Gasteiger partial charge on any atom is -0.495 e. The lowest BCUT2D eigenvalue weighted by atomic mass is 10.0. The van der Waals surface area contributed by atoms with E-state index in [-0.39, 0.29) is 6.04 Å². The Kier molecular flexibility index (Phi) is 4.90. The normalized spacial score (nSPS) is 12.3. The molecule has 0 aliphatic heterocycles. The van der Waals surface area contributed by atoms with Crippen LogP contribution in [0, 0.1) is 0 Å². The highest BCUT2D eigenvalue weighted by atomic mass is 35.5. The molecule has 0 bridgehead atoms. The van der Waals surface area contributed by atoms with Crippen LogP contribution in [0.25, 0.3) is 0 Å². The number of halogens is 1. The smallest absolute Gasteiger partial charge is 0.146 e. The lowest BCUT2D eigenvalue weighted by molar-refractivity contribution is 0.385. The molecule has 0 radical (unpaired) electrons. The van der Waals surface area contributed by atoms with Gasteiger partial charge in [-0.15, -0.1) is 0 Å². The third-order valence-electron chi connectivity index (χ3n) is 2.65. The van der Waals surface area contributed by atoms with Crippen LogP contribution in [0.1, 0.15) is 24.9 Å². The molecular formula is C12H18ClNO2. The zero-order chi connectivity index (χ0) is 12.1. The van der Waals surface area contributed by atoms with Crippen LogP contribution in [-0.2, 0) is 0 Å². The van der Waals surface area contributed by atoms with Crippen molar-refractivity contribution < 1.29 is 9.47 Å². The van der Waals surface area contributed by atoms with Crippen molar-refractivity contribution in [2.45, 2.75) is 19.4 Å². The van der Waals surface area contributed by atoms with Crippen molar-refractivity contribution in [3.8, 4) is 11.5 Å². The molecule has 1 aromatic carbocycles. The molecule has 4 heteroatoms. The van der Waals surface area contributed by atoms with Gasteiger partial charge in [0.15, 0.2) is 0 Å². The summed E-state index contributed by atoms with van der Waals surface area (Å²) >= 11 is 6.19. The van der Waals surface area contributed by atoms with Gasteiger partial charge in [0.1, 0.15) is 16.5 Å². The Morgan fingerprint density at radius 3 is 2.44 bits per heavy atom. The van der Waals surface area contributed by atoms with E-state index in [4.69, 9.17) is 21.1 Å². The summed E-state index contributed by atoms with van der Waals surface area (Å²) in [5.74, 6) is 1.32. The highest BCUT2D eigenvalue weighted by Gasteiger charge is 2.18. The number of rotatable bonds is 5. The molecule has 1 unspecified atom stereocenters. The number of methoxy groups -OCH3 is 2. The van der Waals surface area contributed by atoms with E-state index in [1.165, 1.54) is 0 Å². The Morgan fingerprint density at radius 2 is 2.00 bits per heavy atom. The Bertz CT molecular complexity index is 351. The molecule has 1 N–H and O–H groups in total. The summed E-state index contributed by atoms with van der Waals surface area (Å²) < 4.78 is 10.5. The monoisotopic (exact) mass is 243 g/mol. The summed E-state index contributed by atoms with van der Waals surface area (Å²) in [4.78, 5) is 0. The van der Waals surface area contributed by atoms with Gasteiger partial charge in [0.25, 0.3) is 0 Å². The van der Waals surface area contributed by atoms with Gasteiger partial charge >= 0.3 is 0 Å². The SMILES string of the molecule is CCC(NC)c1ccc(OC)c(Cl)c1OC. The lowest BCUT2D eigenvalue weighted by Crippen LogP contribution is -2.16. The van der Waals surface area contributed by atoms with Crippen LogP contribution >= 0.6 is 11.6 Å². The van der Waals surface area contributed by atoms with Gasteiger partial charge in [-0.25, -0.2) is 0 Å². The Balaban J connectivity index is 3.24. The minimum absolute atomic E-state index is 0.235. The highest BCUT2D eigenvalue weighted by molar-refractivity contribution is 6.33. The number of ether oxygens (including phenoxy) is 2. The predicted octanol–water partition coefficient (Wildman–Crippen LogP) is 3.03. The first kappa shape index (κ1) is 13.1. The highest BCUT2D eigenvalue weighted by Crippen LogP contribution is 2.39. The molecule has 1 rings (SSSR count). The second-order valence-corrected chi connectivity index (χ2v) is 3.83. The molecule has 3 nitrogen and oxygen atoms in total. The van der Waals surface area contributed by atoms with E-state index in [9.17, 15) is 0 Å². The van der Waals surface area contributed by atoms with Crippen molar-refractivity contribution in [2.24, 2.45) is 0 Å². The van der Waals surface area contributed by atoms with Crippen molar-refractivity contribution in [3.05, 3.63) is 22.7 Å². The zero-order valence-electron chi connectivity index (χ0n) is 10.1. The van der Waals surface area contributed by atoms with Crippen LogP contribution in [0.5, 0.6) is 11.5 Å². The zero-order valence-corrected chi connectivity index (χ0v) is 10.9. The van der Waals surface area contributed by atoms with E-state index in [0.29, 0.717) is 16.5 Å². The number of nitrogens with one attached hydrogen (secondary N) is 1. The summed E-state index contributed by atoms with van der Waals surface area (Å²) in [6.07, 6.45) is 0.968. The van der Waals surface area contributed by atoms with Gasteiger partial charge in [-0.3, -0.25) is 0 Å². The maximum atomic E-state index is 6.19. The first-order chi connectivity index (χ1) is 7.69. The van der Waals surface area contributed by atoms with Crippen LogP contribution in [-0.4, -0.2) is 21.3 Å². The molecule has 0 amide bonds. The van der Waals surface area contributed by atoms with Crippen molar-refractivity contribution in [3.63, 3.8) is 0 Å². The van der Waals surface area contributed by atoms with Gasteiger partial charge in [-0.2, -0.15) is 0 Å². The molecule has 16 heavy (non-hydrogen) atoms. The maximum absolute atomic E-state index is 6.19. The molecule has 0 fully saturated rings. The molecule has 1 atom stereocenters. The fourth-order valence-electron chi connectivity index (χ4n) is 1.77. The van der Waals surface area contributed by atoms with Crippen molar-refractivity contribution in [1.29, 1.82) is 0 Å². The van der Waals surface area contributed by atoms with Gasteiger partial charge in [0.2, 0.25) is 0 Å². The molecule has 0 spiro atoms. The van der Waals surface area contributed by atoms with E-state index in [0.717, 1.165) is 12.0 Å². The van der Waals surface area contributed by atoms with Crippen LogP contribution in [0.4, 0.5) is 0 Å². The fraction of sp³-hybridized carbons (Fsp3) is 0.500. The minimum atomic E-state index is 0.235. The third kappa shape index (κ3) is 2.42. The fourth-order valence-corrected chi connectivity index (χ4v) is 2.10. The largest absolute Gasteiger partial charge is 0.495 e. The summed E-state index contributed by atoms with van der Waals surface area (Å²) in [5.41, 5.74) is 1.05. The maximum Gasteiger partial charge on any atom is 0.146 e. The molecule has 0 saturated heterocycles. The Labute approximate surface area is 102 Å². The number of benzene rings is 1. The number of hydrogen-bond donors (Lipinski definition) is 1. The van der Waals surface area contributed by atoms with Crippen LogP contribution in [0.3, 0.4) is 0 Å². The van der Waals surface area contributed by atoms with E-state index in [1.807, 2.05) is 19.2 Å². The third-order valence-corrected chi connectivity index (χ3v) is 3.01. The molecule has 0 heterocycles. The van der Waals surface area contributed by atoms with E-state index in [2.05, 4.69) is 12.2 Å². The van der Waals surface area contributed by atoms with E-state index < -0.39 is 0 Å². The molecule has 0 aliphatic rings. The van der Waals surface area contributed by atoms with E-state index >= 15 is 0 Å². The summed E-state index contributed by atoms with van der Waals surface area (Å²) in [5, 5.41) is 3.75. The van der Waals surface area contributed by atoms with Crippen LogP contribution < -0.4 is 14.8 Å². The molecule has 0 aliphatic carbocycles. The van der Waals surface area contributed by atoms with Gasteiger partial charge in [0.05, 0.1) is 14.2 Å². The first-order valence-corrected chi connectivity index (χ1v) is 5.65. The average Bonchev–Trinajstić information content (AvgIpc) is 2.31. The summed E-state index contributed by atoms with van der Waals surface area (Å²) in [6, 6.07) is 4.08. The Morgan fingerprint density at radius 1 is 1.31 bits per heavy atom. The second kappa shape index (κ2) is 5.97. The number of hydrogen-bond acceptors (Lipinski definition) is 3. The van der Waals surface area contributed by atoms with Crippen molar-refractivity contribution >= 4 is 11.6 Å². The predicted molar refractivity (Wildman–Crippen MR) is 66.6 cm³/mol. The average molecular weight is 244 g/mol. The van der Waals surface area contributed by atoms with Crippen molar-refractivity contribution in [1.82, 2.24) is 5.32 Å². The molecular weight excluding hydrogens is 226 g/mol. The topological polar surface area (TPSA) is 30.5 Å². The van der Waals surface area contributed by atoms with Gasteiger partial charge in [0, 0.05) is 11.6 Å². The van der Waals surface area contributed by atoms with Gasteiger partial charge in [-0.1, -0.05) is 18.5 Å². The first-order valence-electron chi connectivity index (χ1n) is 5.27. The van der Waals surface area contributed by atoms with Gasteiger partial charge in [-0.05, 0) is 25.6 Å². The van der Waals surface area contributed by atoms with Crippen molar-refractivity contribution in [2.75, 3.05) is 21.3 Å². The van der Waals surface area contributed by atoms with E-state index in [1.54, 1.807) is 14.2 Å². The molecule has 0 aromatic heterocycles. The summed E-state index contributed by atoms with van der Waals surface area (Å²) in [7, 11) is 5.13. The molecule has 1 aromatic rings. The molecule has 0 saturated carbocycles. The van der Waals surface area contributed by atoms with Crippen LogP contribution in [0.2, 0.25) is 5.02 Å². The van der Waals surface area contributed by atoms with Crippen LogP contribution in [0.15, 0.2) is 12.1 Å². The lowest BCUT2D eigenvalue weighted by Gasteiger charge is -2.19. The summed E-state index contributed by atoms with van der Waals surface area (Å²) in [6.45, 7) is 2.11. The Hall–Kier alpha value is -0.930. The standard InChI is InChI=1S/C12H18ClNO2/c1-5-9(14-2)8-6-7-10(15-3)11(13)12(8)16-4/h6-7,9,14H,5H2,1-4H3.